The number of carbonyl (C=O) groups excluding carboxylic acids is 1. The quantitative estimate of drug-likeness (QED) is 0.862. The van der Waals surface area contributed by atoms with Crippen molar-refractivity contribution in [1.82, 2.24) is 10.3 Å². The minimum absolute atomic E-state index is 0.120. The number of hydrogen-bond donors (Lipinski definition) is 2. The number of furan rings is 1. The third-order valence-electron chi connectivity index (χ3n) is 2.47. The van der Waals surface area contributed by atoms with E-state index in [1.54, 1.807) is 18.5 Å². The topological polar surface area (TPSA) is 81.1 Å². The second-order valence-corrected chi connectivity index (χ2v) is 5.09. The molecule has 5 nitrogen and oxygen atoms in total. The molecule has 0 aliphatic carbocycles. The van der Waals surface area contributed by atoms with Crippen molar-refractivity contribution in [1.29, 1.82) is 0 Å². The summed E-state index contributed by atoms with van der Waals surface area (Å²) in [5, 5.41) is 3.53. The molecule has 2 rings (SSSR count). The molecule has 0 saturated carbocycles. The number of nitrogens with two attached hydrogens (primary N) is 1. The van der Waals surface area contributed by atoms with E-state index in [1.807, 2.05) is 13.0 Å². The SMILES string of the molecule is CC(CN)CNC(=O)c1cnc(-c2ccco2)s1. The molecule has 0 aliphatic heterocycles. The Hall–Kier alpha value is -1.66. The van der Waals surface area contributed by atoms with E-state index in [9.17, 15) is 4.79 Å². The second kappa shape index (κ2) is 5.79. The standard InChI is InChI=1S/C12H15N3O2S/c1-8(5-13)6-14-11(16)10-7-15-12(18-10)9-3-2-4-17-9/h2-4,7-8H,5-6,13H2,1H3,(H,14,16). The monoisotopic (exact) mass is 265 g/mol. The van der Waals surface area contributed by atoms with E-state index in [4.69, 9.17) is 10.2 Å². The zero-order chi connectivity index (χ0) is 13.0. The maximum absolute atomic E-state index is 11.8. The molecule has 0 aliphatic rings. The van der Waals surface area contributed by atoms with Gasteiger partial charge in [0.15, 0.2) is 10.8 Å². The molecule has 0 aromatic carbocycles. The summed E-state index contributed by atoms with van der Waals surface area (Å²) in [6, 6.07) is 3.61. The summed E-state index contributed by atoms with van der Waals surface area (Å²) in [6.07, 6.45) is 3.14. The normalized spacial score (nSPS) is 12.3. The number of thiazole rings is 1. The van der Waals surface area contributed by atoms with Gasteiger partial charge in [-0.05, 0) is 24.6 Å². The highest BCUT2D eigenvalue weighted by Crippen LogP contribution is 2.25. The van der Waals surface area contributed by atoms with Crippen LogP contribution in [-0.2, 0) is 0 Å². The van der Waals surface area contributed by atoms with Crippen molar-refractivity contribution in [3.63, 3.8) is 0 Å². The molecule has 6 heteroatoms. The molecule has 0 bridgehead atoms. The van der Waals surface area contributed by atoms with Crippen LogP contribution in [-0.4, -0.2) is 24.0 Å². The Morgan fingerprint density at radius 2 is 2.50 bits per heavy atom. The van der Waals surface area contributed by atoms with Crippen LogP contribution in [0.15, 0.2) is 29.0 Å². The first-order valence-electron chi connectivity index (χ1n) is 5.68. The Bertz CT molecular complexity index is 507. The van der Waals surface area contributed by atoms with E-state index in [2.05, 4.69) is 10.3 Å². The molecule has 96 valence electrons. The van der Waals surface area contributed by atoms with Gasteiger partial charge in [-0.15, -0.1) is 11.3 Å². The lowest BCUT2D eigenvalue weighted by molar-refractivity contribution is 0.0952. The Balaban J connectivity index is 1.99. The first-order chi connectivity index (χ1) is 8.70. The van der Waals surface area contributed by atoms with Crippen molar-refractivity contribution in [2.24, 2.45) is 11.7 Å². The highest BCUT2D eigenvalue weighted by Gasteiger charge is 2.13. The summed E-state index contributed by atoms with van der Waals surface area (Å²) in [6.45, 7) is 3.12. The molecule has 2 aromatic rings. The predicted octanol–water partition coefficient (Wildman–Crippen LogP) is 1.73. The van der Waals surface area contributed by atoms with Gasteiger partial charge in [0.1, 0.15) is 4.88 Å². The fourth-order valence-corrected chi connectivity index (χ4v) is 2.13. The lowest BCUT2D eigenvalue weighted by Crippen LogP contribution is -2.30. The number of hydrogen-bond acceptors (Lipinski definition) is 5. The first-order valence-corrected chi connectivity index (χ1v) is 6.50. The Morgan fingerprint density at radius 1 is 1.67 bits per heavy atom. The maximum atomic E-state index is 11.8. The molecule has 0 saturated heterocycles. The van der Waals surface area contributed by atoms with Gasteiger partial charge in [0.05, 0.1) is 12.5 Å². The fourth-order valence-electron chi connectivity index (χ4n) is 1.33. The van der Waals surface area contributed by atoms with E-state index in [0.717, 1.165) is 0 Å². The largest absolute Gasteiger partial charge is 0.462 e. The van der Waals surface area contributed by atoms with Crippen LogP contribution in [0.1, 0.15) is 16.6 Å². The van der Waals surface area contributed by atoms with E-state index < -0.39 is 0 Å². The fraction of sp³-hybridized carbons (Fsp3) is 0.333. The van der Waals surface area contributed by atoms with Crippen LogP contribution in [0.5, 0.6) is 0 Å². The molecule has 0 radical (unpaired) electrons. The van der Waals surface area contributed by atoms with Crippen molar-refractivity contribution < 1.29 is 9.21 Å². The van der Waals surface area contributed by atoms with Gasteiger partial charge in [-0.1, -0.05) is 6.92 Å². The summed E-state index contributed by atoms with van der Waals surface area (Å²) in [7, 11) is 0. The molecule has 2 aromatic heterocycles. The first kappa shape index (κ1) is 12.8. The minimum Gasteiger partial charge on any atom is -0.462 e. The number of carbonyl (C=O) groups is 1. The van der Waals surface area contributed by atoms with E-state index >= 15 is 0 Å². The van der Waals surface area contributed by atoms with Crippen LogP contribution in [0.4, 0.5) is 0 Å². The number of amides is 1. The number of nitrogens with zero attached hydrogens (tertiary/aromatic N) is 1. The van der Waals surface area contributed by atoms with Crippen molar-refractivity contribution in [2.75, 3.05) is 13.1 Å². The second-order valence-electron chi connectivity index (χ2n) is 4.06. The van der Waals surface area contributed by atoms with Gasteiger partial charge >= 0.3 is 0 Å². The summed E-state index contributed by atoms with van der Waals surface area (Å²) in [4.78, 5) is 16.6. The lowest BCUT2D eigenvalue weighted by Gasteiger charge is -2.08. The number of aromatic nitrogens is 1. The van der Waals surface area contributed by atoms with Gasteiger partial charge in [0, 0.05) is 6.54 Å². The van der Waals surface area contributed by atoms with Gasteiger partial charge in [-0.2, -0.15) is 0 Å². The van der Waals surface area contributed by atoms with Crippen LogP contribution in [0.3, 0.4) is 0 Å². The van der Waals surface area contributed by atoms with Gasteiger partial charge < -0.3 is 15.5 Å². The van der Waals surface area contributed by atoms with Crippen molar-refractivity contribution >= 4 is 17.2 Å². The zero-order valence-corrected chi connectivity index (χ0v) is 10.9. The Morgan fingerprint density at radius 3 is 3.17 bits per heavy atom. The van der Waals surface area contributed by atoms with Crippen molar-refractivity contribution in [2.45, 2.75) is 6.92 Å². The molecular weight excluding hydrogens is 250 g/mol. The molecule has 1 amide bonds. The number of rotatable bonds is 5. The summed E-state index contributed by atoms with van der Waals surface area (Å²) in [5.41, 5.74) is 5.49. The molecule has 3 N–H and O–H groups in total. The van der Waals surface area contributed by atoms with Crippen LogP contribution in [0.2, 0.25) is 0 Å². The van der Waals surface area contributed by atoms with Crippen LogP contribution >= 0.6 is 11.3 Å². The predicted molar refractivity (Wildman–Crippen MR) is 70.4 cm³/mol. The molecule has 2 heterocycles. The highest BCUT2D eigenvalue weighted by molar-refractivity contribution is 7.16. The van der Waals surface area contributed by atoms with Crippen molar-refractivity contribution in [3.8, 4) is 10.8 Å². The molecule has 1 atom stereocenters. The van der Waals surface area contributed by atoms with E-state index in [1.165, 1.54) is 11.3 Å². The summed E-state index contributed by atoms with van der Waals surface area (Å²) in [5.74, 6) is 0.825. The smallest absolute Gasteiger partial charge is 0.263 e. The molecule has 1 unspecified atom stereocenters. The molecule has 0 spiro atoms. The Labute approximate surface area is 109 Å². The number of nitrogens with one attached hydrogen (secondary N) is 1. The highest BCUT2D eigenvalue weighted by atomic mass is 32.1. The molecule has 0 fully saturated rings. The van der Waals surface area contributed by atoms with Crippen LogP contribution in [0.25, 0.3) is 10.8 Å². The average molecular weight is 265 g/mol. The summed E-state index contributed by atoms with van der Waals surface area (Å²) < 4.78 is 5.23. The maximum Gasteiger partial charge on any atom is 0.263 e. The third kappa shape index (κ3) is 2.96. The van der Waals surface area contributed by atoms with Crippen LogP contribution in [0, 0.1) is 5.92 Å². The van der Waals surface area contributed by atoms with Crippen LogP contribution < -0.4 is 11.1 Å². The van der Waals surface area contributed by atoms with Gasteiger partial charge in [-0.25, -0.2) is 4.98 Å². The molecular formula is C12H15N3O2S. The average Bonchev–Trinajstić information content (AvgIpc) is 3.04. The molecule has 18 heavy (non-hydrogen) atoms. The summed E-state index contributed by atoms with van der Waals surface area (Å²) >= 11 is 1.31. The third-order valence-corrected chi connectivity index (χ3v) is 3.49. The van der Waals surface area contributed by atoms with Crippen molar-refractivity contribution in [3.05, 3.63) is 29.5 Å². The van der Waals surface area contributed by atoms with Gasteiger partial charge in [0.2, 0.25) is 0 Å². The van der Waals surface area contributed by atoms with E-state index in [-0.39, 0.29) is 11.8 Å². The van der Waals surface area contributed by atoms with E-state index in [0.29, 0.717) is 28.7 Å². The Kier molecular flexibility index (Phi) is 4.11. The minimum atomic E-state index is -0.120. The van der Waals surface area contributed by atoms with Gasteiger partial charge in [0.25, 0.3) is 5.91 Å². The van der Waals surface area contributed by atoms with Gasteiger partial charge in [-0.3, -0.25) is 4.79 Å². The lowest BCUT2D eigenvalue weighted by atomic mass is 10.2. The zero-order valence-electron chi connectivity index (χ0n) is 10.1.